The van der Waals surface area contributed by atoms with E-state index in [1.165, 1.54) is 11.1 Å². The van der Waals surface area contributed by atoms with E-state index in [1.54, 1.807) is 18.2 Å². The van der Waals surface area contributed by atoms with Gasteiger partial charge in [-0.05, 0) is 54.1 Å². The van der Waals surface area contributed by atoms with Gasteiger partial charge in [-0.25, -0.2) is 0 Å². The molecule has 0 bridgehead atoms. The number of carbonyl (C=O) groups excluding carboxylic acids is 1. The molecule has 0 saturated heterocycles. The van der Waals surface area contributed by atoms with Crippen LogP contribution < -0.4 is 10.6 Å². The van der Waals surface area contributed by atoms with Gasteiger partial charge < -0.3 is 10.6 Å². The molecule has 0 atom stereocenters. The van der Waals surface area contributed by atoms with Gasteiger partial charge >= 0.3 is 0 Å². The molecular weight excluding hydrogens is 444 g/mol. The minimum atomic E-state index is -0.189. The van der Waals surface area contributed by atoms with Gasteiger partial charge in [0.15, 0.2) is 0 Å². The van der Waals surface area contributed by atoms with Crippen LogP contribution in [0.2, 0.25) is 0 Å². The molecule has 5 nitrogen and oxygen atoms in total. The number of anilines is 2. The number of fused-ring (bicyclic) bond motifs is 1. The Morgan fingerprint density at radius 3 is 2.17 bits per heavy atom. The van der Waals surface area contributed by atoms with E-state index in [2.05, 4.69) is 65.0 Å². The fraction of sp³-hybridized carbons (Fsp3) is 0.0968. The highest BCUT2D eigenvalue weighted by Crippen LogP contribution is 2.38. The molecule has 36 heavy (non-hydrogen) atoms. The number of nitriles is 1. The monoisotopic (exact) mass is 470 g/mol. The number of hydrogen-bond acceptors (Lipinski definition) is 4. The van der Waals surface area contributed by atoms with Crippen molar-refractivity contribution in [3.63, 3.8) is 0 Å². The molecule has 176 valence electrons. The fourth-order valence-corrected chi connectivity index (χ4v) is 4.47. The van der Waals surface area contributed by atoms with Crippen molar-refractivity contribution in [3.8, 4) is 6.07 Å². The normalized spacial score (nSPS) is 13.6. The Hall–Kier alpha value is -4.66. The first-order valence-corrected chi connectivity index (χ1v) is 11.8. The second kappa shape index (κ2) is 10.3. The van der Waals surface area contributed by atoms with Gasteiger partial charge in [-0.15, -0.1) is 0 Å². The Kier molecular flexibility index (Phi) is 6.61. The summed E-state index contributed by atoms with van der Waals surface area (Å²) in [4.78, 5) is 15.3. The van der Waals surface area contributed by atoms with Crippen molar-refractivity contribution < 1.29 is 4.79 Å². The van der Waals surface area contributed by atoms with E-state index >= 15 is 0 Å². The Morgan fingerprint density at radius 1 is 0.861 bits per heavy atom. The van der Waals surface area contributed by atoms with Crippen molar-refractivity contribution in [2.24, 2.45) is 0 Å². The summed E-state index contributed by atoms with van der Waals surface area (Å²) in [6, 6.07) is 35.9. The second-order valence-electron chi connectivity index (χ2n) is 8.92. The topological polar surface area (TPSA) is 68.2 Å². The molecule has 0 aromatic heterocycles. The maximum atomic E-state index is 13.1. The SMILES string of the molecule is CN(Cc1ccccc1)Cc1ccc(NC(=C2C(=O)Nc3ccc(C#N)cc32)c2ccccc2)cc1. The Labute approximate surface area is 211 Å². The molecule has 0 aliphatic carbocycles. The average Bonchev–Trinajstić information content (AvgIpc) is 3.23. The van der Waals surface area contributed by atoms with Gasteiger partial charge in [-0.2, -0.15) is 5.26 Å². The summed E-state index contributed by atoms with van der Waals surface area (Å²) in [6.07, 6.45) is 0. The van der Waals surface area contributed by atoms with Crippen LogP contribution in [0.3, 0.4) is 0 Å². The predicted octanol–water partition coefficient (Wildman–Crippen LogP) is 6.12. The largest absolute Gasteiger partial charge is 0.354 e. The summed E-state index contributed by atoms with van der Waals surface area (Å²) in [7, 11) is 2.11. The number of amides is 1. The van der Waals surface area contributed by atoms with Crippen molar-refractivity contribution >= 4 is 28.6 Å². The zero-order valence-corrected chi connectivity index (χ0v) is 20.0. The molecular formula is C31H26N4O. The molecule has 5 rings (SSSR count). The molecule has 0 saturated carbocycles. The first-order valence-electron chi connectivity index (χ1n) is 11.8. The van der Waals surface area contributed by atoms with Gasteiger partial charge in [0.1, 0.15) is 0 Å². The zero-order chi connectivity index (χ0) is 24.9. The van der Waals surface area contributed by atoms with Gasteiger partial charge in [0.2, 0.25) is 0 Å². The summed E-state index contributed by atoms with van der Waals surface area (Å²) in [5.74, 6) is -0.189. The van der Waals surface area contributed by atoms with E-state index in [4.69, 9.17) is 0 Å². The number of rotatable bonds is 7. The van der Waals surface area contributed by atoms with E-state index < -0.39 is 0 Å². The third kappa shape index (κ3) is 5.05. The quantitative estimate of drug-likeness (QED) is 0.319. The third-order valence-electron chi connectivity index (χ3n) is 6.18. The first-order chi connectivity index (χ1) is 17.6. The number of carbonyl (C=O) groups is 1. The fourth-order valence-electron chi connectivity index (χ4n) is 4.47. The average molecular weight is 471 g/mol. The van der Waals surface area contributed by atoms with Crippen LogP contribution in [-0.4, -0.2) is 17.9 Å². The highest BCUT2D eigenvalue weighted by atomic mass is 16.2. The smallest absolute Gasteiger partial charge is 0.258 e. The molecule has 2 N–H and O–H groups in total. The molecule has 5 heteroatoms. The zero-order valence-electron chi connectivity index (χ0n) is 20.0. The lowest BCUT2D eigenvalue weighted by Crippen LogP contribution is -2.17. The predicted molar refractivity (Wildman–Crippen MR) is 145 cm³/mol. The molecule has 0 unspecified atom stereocenters. The van der Waals surface area contributed by atoms with Crippen molar-refractivity contribution in [1.82, 2.24) is 4.90 Å². The van der Waals surface area contributed by atoms with Crippen molar-refractivity contribution in [1.29, 1.82) is 5.26 Å². The van der Waals surface area contributed by atoms with E-state index in [9.17, 15) is 10.1 Å². The molecule has 1 heterocycles. The standard InChI is InChI=1S/C31H26N4O/c1-35(20-22-8-4-2-5-9-22)21-23-12-15-26(16-13-23)33-30(25-10-6-3-7-11-25)29-27-18-24(19-32)14-17-28(27)34-31(29)36/h2-18,33H,20-21H2,1H3,(H,34,36). The highest BCUT2D eigenvalue weighted by Gasteiger charge is 2.28. The van der Waals surface area contributed by atoms with Gasteiger partial charge in [0.25, 0.3) is 5.91 Å². The van der Waals surface area contributed by atoms with Crippen LogP contribution in [0.25, 0.3) is 11.3 Å². The summed E-state index contributed by atoms with van der Waals surface area (Å²) in [5.41, 5.74) is 7.45. The number of nitrogens with zero attached hydrogens (tertiary/aromatic N) is 2. The minimum absolute atomic E-state index is 0.189. The summed E-state index contributed by atoms with van der Waals surface area (Å²) < 4.78 is 0. The summed E-state index contributed by atoms with van der Waals surface area (Å²) in [6.45, 7) is 1.71. The van der Waals surface area contributed by atoms with Gasteiger partial charge in [0.05, 0.1) is 22.9 Å². The third-order valence-corrected chi connectivity index (χ3v) is 6.18. The number of nitrogens with one attached hydrogen (secondary N) is 2. The molecule has 0 spiro atoms. The van der Waals surface area contributed by atoms with Crippen LogP contribution in [0.1, 0.15) is 27.8 Å². The lowest BCUT2D eigenvalue weighted by Gasteiger charge is -2.18. The van der Waals surface area contributed by atoms with Gasteiger partial charge in [0, 0.05) is 30.0 Å². The maximum Gasteiger partial charge on any atom is 0.258 e. The molecule has 1 amide bonds. The lowest BCUT2D eigenvalue weighted by atomic mass is 9.98. The molecule has 1 aliphatic heterocycles. The summed E-state index contributed by atoms with van der Waals surface area (Å²) >= 11 is 0. The number of benzene rings is 4. The molecule has 0 radical (unpaired) electrons. The van der Waals surface area contributed by atoms with Crippen molar-refractivity contribution in [3.05, 3.63) is 131 Å². The van der Waals surface area contributed by atoms with E-state index in [0.29, 0.717) is 22.5 Å². The number of hydrogen-bond donors (Lipinski definition) is 2. The van der Waals surface area contributed by atoms with Gasteiger partial charge in [-0.3, -0.25) is 9.69 Å². The van der Waals surface area contributed by atoms with Crippen molar-refractivity contribution in [2.75, 3.05) is 17.7 Å². The van der Waals surface area contributed by atoms with Crippen LogP contribution in [0.5, 0.6) is 0 Å². The Balaban J connectivity index is 1.43. The van der Waals surface area contributed by atoms with E-state index in [1.807, 2.05) is 48.5 Å². The van der Waals surface area contributed by atoms with Crippen LogP contribution in [0.4, 0.5) is 11.4 Å². The Bertz CT molecular complexity index is 1450. The molecule has 1 aliphatic rings. The van der Waals surface area contributed by atoms with Crippen LogP contribution in [0.15, 0.2) is 103 Å². The lowest BCUT2D eigenvalue weighted by molar-refractivity contribution is -0.110. The van der Waals surface area contributed by atoms with Crippen LogP contribution in [0, 0.1) is 11.3 Å². The van der Waals surface area contributed by atoms with Crippen molar-refractivity contribution in [2.45, 2.75) is 13.1 Å². The highest BCUT2D eigenvalue weighted by molar-refractivity contribution is 6.37. The summed E-state index contributed by atoms with van der Waals surface area (Å²) in [5, 5.41) is 15.8. The van der Waals surface area contributed by atoms with Crippen LogP contribution >= 0.6 is 0 Å². The first kappa shape index (κ1) is 23.1. The molecule has 4 aromatic rings. The molecule has 4 aromatic carbocycles. The second-order valence-corrected chi connectivity index (χ2v) is 8.92. The van der Waals surface area contributed by atoms with E-state index in [0.717, 1.165) is 29.9 Å². The van der Waals surface area contributed by atoms with E-state index in [-0.39, 0.29) is 5.91 Å². The molecule has 0 fully saturated rings. The van der Waals surface area contributed by atoms with Gasteiger partial charge in [-0.1, -0.05) is 72.8 Å². The Morgan fingerprint density at radius 2 is 1.50 bits per heavy atom. The minimum Gasteiger partial charge on any atom is -0.354 e. The maximum absolute atomic E-state index is 13.1. The van der Waals surface area contributed by atoms with Crippen LogP contribution in [-0.2, 0) is 17.9 Å².